The molecule has 2 aliphatic heterocycles. The van der Waals surface area contributed by atoms with Crippen LogP contribution in [0.15, 0.2) is 42.5 Å². The van der Waals surface area contributed by atoms with Gasteiger partial charge in [0, 0.05) is 31.7 Å². The van der Waals surface area contributed by atoms with Crippen molar-refractivity contribution in [1.82, 2.24) is 0 Å². The highest BCUT2D eigenvalue weighted by molar-refractivity contribution is 6.04. The summed E-state index contributed by atoms with van der Waals surface area (Å²) >= 11 is 0. The van der Waals surface area contributed by atoms with E-state index in [1.165, 1.54) is 12.8 Å². The van der Waals surface area contributed by atoms with Crippen molar-refractivity contribution < 1.29 is 9.59 Å². The van der Waals surface area contributed by atoms with Crippen LogP contribution in [0.3, 0.4) is 0 Å². The Kier molecular flexibility index (Phi) is 5.80. The molecule has 2 amide bonds. The number of anilines is 3. The van der Waals surface area contributed by atoms with Gasteiger partial charge in [-0.3, -0.25) is 9.59 Å². The van der Waals surface area contributed by atoms with E-state index in [0.717, 1.165) is 47.2 Å². The van der Waals surface area contributed by atoms with E-state index in [9.17, 15) is 9.59 Å². The number of para-hydroxylation sites is 2. The lowest BCUT2D eigenvalue weighted by molar-refractivity contribution is -0.122. The third-order valence-corrected chi connectivity index (χ3v) is 6.65. The smallest absolute Gasteiger partial charge is 0.229 e. The van der Waals surface area contributed by atoms with Crippen LogP contribution in [-0.2, 0) is 9.59 Å². The Hall–Kier alpha value is -2.82. The maximum Gasteiger partial charge on any atom is 0.229 e. The molecule has 158 valence electrons. The molecule has 0 aromatic heterocycles. The zero-order chi connectivity index (χ0) is 21.3. The van der Waals surface area contributed by atoms with Crippen LogP contribution in [0.5, 0.6) is 0 Å². The quantitative estimate of drug-likeness (QED) is 0.813. The second kappa shape index (κ2) is 8.50. The molecule has 0 radical (unpaired) electrons. The molecule has 1 N–H and O–H groups in total. The number of nitrogens with one attached hydrogen (secondary N) is 1. The van der Waals surface area contributed by atoms with Crippen LogP contribution in [0, 0.1) is 25.7 Å². The first kappa shape index (κ1) is 20.5. The number of piperidine rings is 1. The van der Waals surface area contributed by atoms with Gasteiger partial charge in [-0.25, -0.2) is 0 Å². The molecule has 30 heavy (non-hydrogen) atoms. The fraction of sp³-hybridized carbons (Fsp3) is 0.440. The average Bonchev–Trinajstić information content (AvgIpc) is 3.13. The third kappa shape index (κ3) is 4.07. The molecular formula is C25H31N3O2. The van der Waals surface area contributed by atoms with E-state index in [4.69, 9.17) is 0 Å². The Morgan fingerprint density at radius 1 is 1.00 bits per heavy atom. The van der Waals surface area contributed by atoms with Gasteiger partial charge in [-0.15, -0.1) is 0 Å². The highest BCUT2D eigenvalue weighted by Gasteiger charge is 2.36. The number of benzene rings is 2. The van der Waals surface area contributed by atoms with Crippen molar-refractivity contribution in [3.8, 4) is 0 Å². The van der Waals surface area contributed by atoms with Gasteiger partial charge in [0.2, 0.25) is 11.8 Å². The molecule has 2 aromatic carbocycles. The summed E-state index contributed by atoms with van der Waals surface area (Å²) in [6, 6.07) is 14.0. The molecule has 1 atom stereocenters. The number of amides is 2. The van der Waals surface area contributed by atoms with E-state index in [-0.39, 0.29) is 24.2 Å². The van der Waals surface area contributed by atoms with Crippen LogP contribution in [-0.4, -0.2) is 31.4 Å². The second-order valence-electron chi connectivity index (χ2n) is 8.80. The highest BCUT2D eigenvalue weighted by atomic mass is 16.2. The number of carbonyl (C=O) groups excluding carboxylic acids is 2. The normalized spacial score (nSPS) is 20.0. The fourth-order valence-corrected chi connectivity index (χ4v) is 4.48. The predicted octanol–water partition coefficient (Wildman–Crippen LogP) is 4.53. The Morgan fingerprint density at radius 2 is 1.70 bits per heavy atom. The van der Waals surface area contributed by atoms with E-state index in [0.29, 0.717) is 6.54 Å². The molecule has 2 aliphatic rings. The highest BCUT2D eigenvalue weighted by Crippen LogP contribution is 2.32. The first-order chi connectivity index (χ1) is 14.4. The monoisotopic (exact) mass is 405 g/mol. The van der Waals surface area contributed by atoms with Gasteiger partial charge in [0.25, 0.3) is 0 Å². The molecule has 4 rings (SSSR count). The van der Waals surface area contributed by atoms with Crippen LogP contribution in [0.4, 0.5) is 17.1 Å². The van der Waals surface area contributed by atoms with Gasteiger partial charge in [0.05, 0.1) is 17.3 Å². The molecule has 0 spiro atoms. The molecule has 0 unspecified atom stereocenters. The van der Waals surface area contributed by atoms with E-state index in [1.807, 2.05) is 50.2 Å². The Balaban J connectivity index is 1.48. The fourth-order valence-electron chi connectivity index (χ4n) is 4.48. The summed E-state index contributed by atoms with van der Waals surface area (Å²) in [5, 5.41) is 3.12. The zero-order valence-electron chi connectivity index (χ0n) is 18.1. The molecule has 0 aliphatic carbocycles. The number of carbonyl (C=O) groups is 2. The molecule has 2 aromatic rings. The SMILES string of the molecule is Cc1cccc(N2C[C@H](C(=O)Nc3ccccc3N3CCC(C)CC3)CC2=O)c1C. The summed E-state index contributed by atoms with van der Waals surface area (Å²) in [6.45, 7) is 8.82. The molecule has 2 fully saturated rings. The Labute approximate surface area is 179 Å². The van der Waals surface area contributed by atoms with Gasteiger partial charge in [-0.05, 0) is 61.9 Å². The third-order valence-electron chi connectivity index (χ3n) is 6.65. The van der Waals surface area contributed by atoms with Crippen molar-refractivity contribution in [2.24, 2.45) is 11.8 Å². The van der Waals surface area contributed by atoms with Gasteiger partial charge in [0.1, 0.15) is 0 Å². The summed E-state index contributed by atoms with van der Waals surface area (Å²) < 4.78 is 0. The number of rotatable bonds is 4. The summed E-state index contributed by atoms with van der Waals surface area (Å²) in [7, 11) is 0. The van der Waals surface area contributed by atoms with Crippen molar-refractivity contribution in [3.63, 3.8) is 0 Å². The van der Waals surface area contributed by atoms with Crippen LogP contribution >= 0.6 is 0 Å². The first-order valence-corrected chi connectivity index (χ1v) is 11.0. The van der Waals surface area contributed by atoms with Gasteiger partial charge in [0.15, 0.2) is 0 Å². The minimum absolute atomic E-state index is 0.0159. The van der Waals surface area contributed by atoms with Crippen molar-refractivity contribution in [3.05, 3.63) is 53.6 Å². The van der Waals surface area contributed by atoms with E-state index in [1.54, 1.807) is 4.90 Å². The topological polar surface area (TPSA) is 52.7 Å². The summed E-state index contributed by atoms with van der Waals surface area (Å²) in [6.07, 6.45) is 2.59. The minimum Gasteiger partial charge on any atom is -0.370 e. The van der Waals surface area contributed by atoms with Crippen molar-refractivity contribution >= 4 is 28.9 Å². The standard InChI is InChI=1S/C25H31N3O2/c1-17-11-13-27(14-12-17)23-9-5-4-8-21(23)26-25(30)20-15-24(29)28(16-20)22-10-6-7-18(2)19(22)3/h4-10,17,20H,11-16H2,1-3H3,(H,26,30)/t20-/m1/s1. The molecule has 2 saturated heterocycles. The van der Waals surface area contributed by atoms with Crippen LogP contribution in [0.25, 0.3) is 0 Å². The Bertz CT molecular complexity index is 947. The minimum atomic E-state index is -0.341. The molecule has 0 saturated carbocycles. The molecule has 5 nitrogen and oxygen atoms in total. The second-order valence-corrected chi connectivity index (χ2v) is 8.80. The van der Waals surface area contributed by atoms with Crippen molar-refractivity contribution in [2.75, 3.05) is 34.8 Å². The molecular weight excluding hydrogens is 374 g/mol. The van der Waals surface area contributed by atoms with E-state index in [2.05, 4.69) is 23.2 Å². The van der Waals surface area contributed by atoms with Crippen LogP contribution in [0.2, 0.25) is 0 Å². The average molecular weight is 406 g/mol. The summed E-state index contributed by atoms with van der Waals surface area (Å²) in [4.78, 5) is 29.9. The summed E-state index contributed by atoms with van der Waals surface area (Å²) in [5.74, 6) is 0.353. The predicted molar refractivity (Wildman–Crippen MR) is 122 cm³/mol. The van der Waals surface area contributed by atoms with Gasteiger partial charge in [-0.2, -0.15) is 0 Å². The molecule has 5 heteroatoms. The van der Waals surface area contributed by atoms with E-state index >= 15 is 0 Å². The van der Waals surface area contributed by atoms with Crippen LogP contribution < -0.4 is 15.1 Å². The van der Waals surface area contributed by atoms with Gasteiger partial charge in [-0.1, -0.05) is 31.2 Å². The number of hydrogen-bond acceptors (Lipinski definition) is 3. The lowest BCUT2D eigenvalue weighted by atomic mass is 9.98. The van der Waals surface area contributed by atoms with Gasteiger partial charge < -0.3 is 15.1 Å². The number of nitrogens with zero attached hydrogens (tertiary/aromatic N) is 2. The summed E-state index contributed by atoms with van der Waals surface area (Å²) in [5.41, 5.74) is 5.08. The van der Waals surface area contributed by atoms with Crippen molar-refractivity contribution in [1.29, 1.82) is 0 Å². The number of aryl methyl sites for hydroxylation is 1. The Morgan fingerprint density at radius 3 is 2.47 bits per heavy atom. The van der Waals surface area contributed by atoms with Crippen molar-refractivity contribution in [2.45, 2.75) is 40.0 Å². The lowest BCUT2D eigenvalue weighted by Crippen LogP contribution is -2.34. The maximum absolute atomic E-state index is 13.1. The lowest BCUT2D eigenvalue weighted by Gasteiger charge is -2.33. The molecule has 0 bridgehead atoms. The van der Waals surface area contributed by atoms with Gasteiger partial charge >= 0.3 is 0 Å². The largest absolute Gasteiger partial charge is 0.370 e. The van der Waals surface area contributed by atoms with Crippen LogP contribution in [0.1, 0.15) is 37.3 Å². The first-order valence-electron chi connectivity index (χ1n) is 11.0. The maximum atomic E-state index is 13.1. The zero-order valence-corrected chi connectivity index (χ0v) is 18.1. The number of hydrogen-bond donors (Lipinski definition) is 1. The van der Waals surface area contributed by atoms with E-state index < -0.39 is 0 Å². The molecule has 2 heterocycles.